The van der Waals surface area contributed by atoms with Crippen LogP contribution in [0.25, 0.3) is 0 Å². The van der Waals surface area contributed by atoms with Crippen molar-refractivity contribution < 1.29 is 4.79 Å². The first-order chi connectivity index (χ1) is 8.78. The monoisotopic (exact) mass is 244 g/mol. The third-order valence-corrected chi connectivity index (χ3v) is 3.31. The van der Waals surface area contributed by atoms with Gasteiger partial charge in [-0.2, -0.15) is 0 Å². The maximum atomic E-state index is 11.7. The summed E-state index contributed by atoms with van der Waals surface area (Å²) in [4.78, 5) is 11.7. The van der Waals surface area contributed by atoms with E-state index < -0.39 is 0 Å². The maximum absolute atomic E-state index is 11.7. The molecule has 18 heavy (non-hydrogen) atoms. The van der Waals surface area contributed by atoms with Gasteiger partial charge in [0.1, 0.15) is 0 Å². The number of carbonyl (C=O) groups excluding carboxylic acids is 1. The number of hydrogen-bond acceptors (Lipinski definition) is 2. The fraction of sp³-hybridized carbons (Fsp3) is 0.400. The first-order valence-electron chi connectivity index (χ1n) is 6.49. The second kappa shape index (κ2) is 6.36. The number of allylic oxidation sites excluding steroid dienone is 2. The first kappa shape index (κ1) is 12.8. The van der Waals surface area contributed by atoms with Crippen LogP contribution in [0.1, 0.15) is 30.4 Å². The molecule has 0 bridgehead atoms. The van der Waals surface area contributed by atoms with Crippen molar-refractivity contribution in [2.45, 2.75) is 32.4 Å². The van der Waals surface area contributed by atoms with Crippen molar-refractivity contribution in [3.8, 4) is 0 Å². The van der Waals surface area contributed by atoms with Crippen molar-refractivity contribution in [3.63, 3.8) is 0 Å². The molecule has 0 saturated heterocycles. The standard InChI is InChI=1S/C15H20N2O/c16-10-13-5-7-14(8-6-13)11-17-15(18)9-12-3-1-2-4-12/h1,3,5-8,12H,2,4,9-11,16H2,(H,17,18). The van der Waals surface area contributed by atoms with E-state index in [1.165, 1.54) is 0 Å². The highest BCUT2D eigenvalue weighted by Crippen LogP contribution is 2.20. The van der Waals surface area contributed by atoms with Crippen LogP contribution in [-0.2, 0) is 17.9 Å². The van der Waals surface area contributed by atoms with Gasteiger partial charge >= 0.3 is 0 Å². The van der Waals surface area contributed by atoms with Crippen molar-refractivity contribution in [2.75, 3.05) is 0 Å². The minimum atomic E-state index is 0.134. The minimum Gasteiger partial charge on any atom is -0.352 e. The molecule has 0 aromatic heterocycles. The predicted octanol–water partition coefficient (Wildman–Crippen LogP) is 2.12. The summed E-state index contributed by atoms with van der Waals surface area (Å²) in [7, 11) is 0. The van der Waals surface area contributed by atoms with Crippen LogP contribution in [0.3, 0.4) is 0 Å². The Kier molecular flexibility index (Phi) is 4.53. The molecule has 1 aliphatic carbocycles. The molecule has 1 amide bonds. The van der Waals surface area contributed by atoms with E-state index in [2.05, 4.69) is 17.5 Å². The molecule has 1 aromatic carbocycles. The lowest BCUT2D eigenvalue weighted by molar-refractivity contribution is -0.121. The summed E-state index contributed by atoms with van der Waals surface area (Å²) < 4.78 is 0. The summed E-state index contributed by atoms with van der Waals surface area (Å²) in [5, 5.41) is 2.96. The topological polar surface area (TPSA) is 55.1 Å². The molecule has 96 valence electrons. The van der Waals surface area contributed by atoms with Crippen LogP contribution >= 0.6 is 0 Å². The Balaban J connectivity index is 1.75. The van der Waals surface area contributed by atoms with E-state index in [1.807, 2.05) is 24.3 Å². The van der Waals surface area contributed by atoms with Gasteiger partial charge in [-0.1, -0.05) is 36.4 Å². The van der Waals surface area contributed by atoms with Gasteiger partial charge in [0, 0.05) is 19.5 Å². The van der Waals surface area contributed by atoms with E-state index in [4.69, 9.17) is 5.73 Å². The number of nitrogens with one attached hydrogen (secondary N) is 1. The van der Waals surface area contributed by atoms with Gasteiger partial charge in [0.2, 0.25) is 5.91 Å². The lowest BCUT2D eigenvalue weighted by atomic mass is 10.0. The van der Waals surface area contributed by atoms with Crippen LogP contribution in [0.2, 0.25) is 0 Å². The third kappa shape index (κ3) is 3.70. The van der Waals surface area contributed by atoms with Gasteiger partial charge in [-0.25, -0.2) is 0 Å². The van der Waals surface area contributed by atoms with Crippen molar-refractivity contribution in [1.29, 1.82) is 0 Å². The summed E-state index contributed by atoms with van der Waals surface area (Å²) in [5.74, 6) is 0.569. The molecule has 0 heterocycles. The summed E-state index contributed by atoms with van der Waals surface area (Å²) in [5.41, 5.74) is 7.76. The van der Waals surface area contributed by atoms with Gasteiger partial charge in [0.05, 0.1) is 0 Å². The molecule has 1 atom stereocenters. The zero-order chi connectivity index (χ0) is 12.8. The molecule has 3 nitrogen and oxygen atoms in total. The van der Waals surface area contributed by atoms with Gasteiger partial charge in [-0.3, -0.25) is 4.79 Å². The second-order valence-electron chi connectivity index (χ2n) is 4.77. The van der Waals surface area contributed by atoms with Gasteiger partial charge < -0.3 is 11.1 Å². The van der Waals surface area contributed by atoms with E-state index in [0.717, 1.165) is 24.0 Å². The minimum absolute atomic E-state index is 0.134. The zero-order valence-corrected chi connectivity index (χ0v) is 10.6. The highest BCUT2D eigenvalue weighted by Gasteiger charge is 2.13. The van der Waals surface area contributed by atoms with Crippen LogP contribution < -0.4 is 11.1 Å². The highest BCUT2D eigenvalue weighted by molar-refractivity contribution is 5.76. The highest BCUT2D eigenvalue weighted by atomic mass is 16.1. The van der Waals surface area contributed by atoms with Crippen molar-refractivity contribution in [3.05, 3.63) is 47.5 Å². The Morgan fingerprint density at radius 3 is 2.61 bits per heavy atom. The molecular weight excluding hydrogens is 224 g/mol. The molecule has 0 saturated carbocycles. The Morgan fingerprint density at radius 2 is 2.00 bits per heavy atom. The van der Waals surface area contributed by atoms with Crippen LogP contribution in [-0.4, -0.2) is 5.91 Å². The smallest absolute Gasteiger partial charge is 0.220 e. The van der Waals surface area contributed by atoms with Gasteiger partial charge in [-0.15, -0.1) is 0 Å². The molecule has 0 radical (unpaired) electrons. The van der Waals surface area contributed by atoms with Crippen LogP contribution in [0, 0.1) is 5.92 Å². The molecule has 1 aromatic rings. The van der Waals surface area contributed by atoms with Crippen LogP contribution in [0.5, 0.6) is 0 Å². The summed E-state index contributed by atoms with van der Waals surface area (Å²) in [6.07, 6.45) is 7.13. The van der Waals surface area contributed by atoms with Gasteiger partial charge in [-0.05, 0) is 29.9 Å². The van der Waals surface area contributed by atoms with Crippen LogP contribution in [0.15, 0.2) is 36.4 Å². The fourth-order valence-electron chi connectivity index (χ4n) is 2.17. The second-order valence-corrected chi connectivity index (χ2v) is 4.77. The third-order valence-electron chi connectivity index (χ3n) is 3.31. The largest absolute Gasteiger partial charge is 0.352 e. The van der Waals surface area contributed by atoms with Gasteiger partial charge in [0.25, 0.3) is 0 Å². The van der Waals surface area contributed by atoms with E-state index in [0.29, 0.717) is 25.4 Å². The normalized spacial score (nSPS) is 17.9. The Hall–Kier alpha value is -1.61. The van der Waals surface area contributed by atoms with E-state index >= 15 is 0 Å². The quantitative estimate of drug-likeness (QED) is 0.779. The summed E-state index contributed by atoms with van der Waals surface area (Å²) in [6.45, 7) is 1.15. The number of hydrogen-bond donors (Lipinski definition) is 2. The zero-order valence-electron chi connectivity index (χ0n) is 10.6. The molecule has 0 aliphatic heterocycles. The predicted molar refractivity (Wildman–Crippen MR) is 72.7 cm³/mol. The lowest BCUT2D eigenvalue weighted by Gasteiger charge is -2.09. The molecule has 3 heteroatoms. The number of rotatable bonds is 5. The van der Waals surface area contributed by atoms with Gasteiger partial charge in [0.15, 0.2) is 0 Å². The van der Waals surface area contributed by atoms with Crippen molar-refractivity contribution in [1.82, 2.24) is 5.32 Å². The molecule has 1 aliphatic rings. The first-order valence-corrected chi connectivity index (χ1v) is 6.49. The molecule has 2 rings (SSSR count). The van der Waals surface area contributed by atoms with Crippen molar-refractivity contribution in [2.24, 2.45) is 11.7 Å². The molecule has 0 fully saturated rings. The van der Waals surface area contributed by atoms with E-state index in [9.17, 15) is 4.79 Å². The Morgan fingerprint density at radius 1 is 1.28 bits per heavy atom. The SMILES string of the molecule is NCc1ccc(CNC(=O)CC2C=CCC2)cc1. The summed E-state index contributed by atoms with van der Waals surface area (Å²) in [6, 6.07) is 8.03. The number of benzene rings is 1. The maximum Gasteiger partial charge on any atom is 0.220 e. The average molecular weight is 244 g/mol. The van der Waals surface area contributed by atoms with Crippen LogP contribution in [0.4, 0.5) is 0 Å². The van der Waals surface area contributed by atoms with Crippen molar-refractivity contribution >= 4 is 5.91 Å². The average Bonchev–Trinajstić information content (AvgIpc) is 2.90. The Labute approximate surface area is 108 Å². The molecule has 0 spiro atoms. The number of carbonyl (C=O) groups is 1. The fourth-order valence-corrected chi connectivity index (χ4v) is 2.17. The molecule has 1 unspecified atom stereocenters. The number of amides is 1. The molecule has 3 N–H and O–H groups in total. The van der Waals surface area contributed by atoms with E-state index in [-0.39, 0.29) is 5.91 Å². The number of nitrogens with two attached hydrogens (primary N) is 1. The Bertz CT molecular complexity index is 423. The van der Waals surface area contributed by atoms with E-state index in [1.54, 1.807) is 0 Å². The lowest BCUT2D eigenvalue weighted by Crippen LogP contribution is -2.24. The summed E-state index contributed by atoms with van der Waals surface area (Å²) >= 11 is 0. The molecular formula is C15H20N2O.